The van der Waals surface area contributed by atoms with Gasteiger partial charge >= 0.3 is 11.9 Å². The van der Waals surface area contributed by atoms with Gasteiger partial charge in [0.25, 0.3) is 0 Å². The Balaban J connectivity index is 3.25. The average Bonchev–Trinajstić information content (AvgIpc) is 2.83. The summed E-state index contributed by atoms with van der Waals surface area (Å²) in [6.45, 7) is 4.46. The molecule has 0 aliphatic heterocycles. The number of rotatable bonds is 7. The van der Waals surface area contributed by atoms with Gasteiger partial charge in [0.15, 0.2) is 5.28 Å². The SMILES string of the molecule is CCOC(=O)C(Cc1cnc(Cl)[nH]1)(NC(C)=O)C(=O)OCC. The van der Waals surface area contributed by atoms with E-state index in [1.165, 1.54) is 13.1 Å². The van der Waals surface area contributed by atoms with Crippen molar-refractivity contribution in [3.05, 3.63) is 17.2 Å². The molecule has 0 saturated carbocycles. The molecule has 0 atom stereocenters. The first-order chi connectivity index (χ1) is 10.4. The van der Waals surface area contributed by atoms with E-state index in [0.29, 0.717) is 5.69 Å². The van der Waals surface area contributed by atoms with E-state index in [9.17, 15) is 14.4 Å². The Kier molecular flexibility index (Phi) is 6.36. The van der Waals surface area contributed by atoms with Gasteiger partial charge in [0, 0.05) is 25.2 Å². The third-order valence-corrected chi connectivity index (χ3v) is 2.88. The Morgan fingerprint density at radius 1 is 1.27 bits per heavy atom. The first kappa shape index (κ1) is 18.0. The minimum Gasteiger partial charge on any atom is -0.464 e. The zero-order valence-corrected chi connectivity index (χ0v) is 13.3. The molecule has 0 radical (unpaired) electrons. The second-order valence-corrected chi connectivity index (χ2v) is 4.76. The van der Waals surface area contributed by atoms with Gasteiger partial charge in [-0.05, 0) is 25.4 Å². The highest BCUT2D eigenvalue weighted by atomic mass is 35.5. The van der Waals surface area contributed by atoms with Crippen LogP contribution in [0.2, 0.25) is 5.28 Å². The van der Waals surface area contributed by atoms with E-state index in [2.05, 4.69) is 15.3 Å². The number of halogens is 1. The van der Waals surface area contributed by atoms with Gasteiger partial charge in [0.2, 0.25) is 11.4 Å². The van der Waals surface area contributed by atoms with E-state index in [0.717, 1.165) is 0 Å². The Morgan fingerprint density at radius 2 is 1.82 bits per heavy atom. The smallest absolute Gasteiger partial charge is 0.344 e. The molecule has 1 amide bonds. The van der Waals surface area contributed by atoms with E-state index in [-0.39, 0.29) is 24.9 Å². The summed E-state index contributed by atoms with van der Waals surface area (Å²) in [7, 11) is 0. The van der Waals surface area contributed by atoms with Crippen molar-refractivity contribution in [1.82, 2.24) is 15.3 Å². The average molecular weight is 332 g/mol. The number of ether oxygens (including phenoxy) is 2. The molecule has 0 saturated heterocycles. The van der Waals surface area contributed by atoms with Crippen LogP contribution in [0.3, 0.4) is 0 Å². The molecule has 8 nitrogen and oxygen atoms in total. The number of aromatic nitrogens is 2. The third kappa shape index (κ3) is 4.20. The standard InChI is InChI=1S/C13H18ClN3O5/c1-4-21-10(19)13(17-8(3)18,11(20)22-5-2)6-9-7-15-12(14)16-9/h7H,4-6H2,1-3H3,(H,15,16)(H,17,18). The fourth-order valence-electron chi connectivity index (χ4n) is 1.89. The Morgan fingerprint density at radius 3 is 2.18 bits per heavy atom. The summed E-state index contributed by atoms with van der Waals surface area (Å²) in [6.07, 6.45) is 1.14. The normalized spacial score (nSPS) is 10.9. The van der Waals surface area contributed by atoms with Crippen molar-refractivity contribution < 1.29 is 23.9 Å². The molecule has 1 heterocycles. The summed E-state index contributed by atoms with van der Waals surface area (Å²) in [5.74, 6) is -2.39. The van der Waals surface area contributed by atoms with Crippen LogP contribution in [-0.4, -0.2) is 46.6 Å². The zero-order chi connectivity index (χ0) is 16.8. The minimum atomic E-state index is -1.99. The number of carbonyl (C=O) groups excluding carboxylic acids is 3. The monoisotopic (exact) mass is 331 g/mol. The molecule has 122 valence electrons. The number of imidazole rings is 1. The lowest BCUT2D eigenvalue weighted by Gasteiger charge is -2.29. The molecule has 0 unspecified atom stereocenters. The summed E-state index contributed by atoms with van der Waals surface area (Å²) in [5, 5.41) is 2.44. The lowest BCUT2D eigenvalue weighted by Crippen LogP contribution is -2.62. The maximum atomic E-state index is 12.3. The van der Waals surface area contributed by atoms with E-state index in [1.54, 1.807) is 13.8 Å². The maximum absolute atomic E-state index is 12.3. The topological polar surface area (TPSA) is 110 Å². The van der Waals surface area contributed by atoms with Crippen molar-refractivity contribution in [3.8, 4) is 0 Å². The quantitative estimate of drug-likeness (QED) is 0.559. The molecule has 0 aromatic carbocycles. The number of hydrogen-bond acceptors (Lipinski definition) is 6. The number of esters is 2. The van der Waals surface area contributed by atoms with Crippen molar-refractivity contribution >= 4 is 29.4 Å². The van der Waals surface area contributed by atoms with Crippen molar-refractivity contribution in [2.24, 2.45) is 0 Å². The maximum Gasteiger partial charge on any atom is 0.344 e. The molecule has 0 bridgehead atoms. The van der Waals surface area contributed by atoms with Crippen molar-refractivity contribution in [3.63, 3.8) is 0 Å². The fourth-order valence-corrected chi connectivity index (χ4v) is 2.06. The van der Waals surface area contributed by atoms with Crippen LogP contribution in [0.4, 0.5) is 0 Å². The molecule has 0 spiro atoms. The Labute approximate surface area is 132 Å². The number of H-pyrrole nitrogens is 1. The Bertz CT molecular complexity index is 540. The first-order valence-electron chi connectivity index (χ1n) is 6.68. The first-order valence-corrected chi connectivity index (χ1v) is 7.06. The van der Waals surface area contributed by atoms with Crippen LogP contribution < -0.4 is 5.32 Å². The van der Waals surface area contributed by atoms with Crippen LogP contribution in [-0.2, 0) is 30.3 Å². The largest absolute Gasteiger partial charge is 0.464 e. The second-order valence-electron chi connectivity index (χ2n) is 4.40. The van der Waals surface area contributed by atoms with E-state index in [4.69, 9.17) is 21.1 Å². The summed E-state index contributed by atoms with van der Waals surface area (Å²) < 4.78 is 9.87. The van der Waals surface area contributed by atoms with E-state index < -0.39 is 23.4 Å². The van der Waals surface area contributed by atoms with Gasteiger partial charge in [-0.25, -0.2) is 14.6 Å². The predicted octanol–water partition coefficient (Wildman–Crippen LogP) is 0.607. The van der Waals surface area contributed by atoms with E-state index in [1.807, 2.05) is 0 Å². The van der Waals surface area contributed by atoms with Gasteiger partial charge in [-0.3, -0.25) is 4.79 Å². The van der Waals surface area contributed by atoms with Gasteiger partial charge < -0.3 is 19.8 Å². The lowest BCUT2D eigenvalue weighted by atomic mass is 9.93. The zero-order valence-electron chi connectivity index (χ0n) is 12.6. The molecule has 9 heteroatoms. The van der Waals surface area contributed by atoms with Gasteiger partial charge in [0.1, 0.15) is 0 Å². The van der Waals surface area contributed by atoms with Crippen LogP contribution in [0.15, 0.2) is 6.20 Å². The highest BCUT2D eigenvalue weighted by Crippen LogP contribution is 2.18. The molecule has 0 fully saturated rings. The van der Waals surface area contributed by atoms with Crippen molar-refractivity contribution in [2.75, 3.05) is 13.2 Å². The summed E-state index contributed by atoms with van der Waals surface area (Å²) in [6, 6.07) is 0. The second kappa shape index (κ2) is 7.79. The molecular weight excluding hydrogens is 314 g/mol. The van der Waals surface area contributed by atoms with Crippen molar-refractivity contribution in [1.29, 1.82) is 0 Å². The van der Waals surface area contributed by atoms with Gasteiger partial charge in [-0.1, -0.05) is 0 Å². The van der Waals surface area contributed by atoms with Crippen LogP contribution in [0.1, 0.15) is 26.5 Å². The number of hydrogen-bond donors (Lipinski definition) is 2. The number of aromatic amines is 1. The fraction of sp³-hybridized carbons (Fsp3) is 0.538. The number of carbonyl (C=O) groups is 3. The molecule has 1 aromatic rings. The van der Waals surface area contributed by atoms with Crippen molar-refractivity contribution in [2.45, 2.75) is 32.7 Å². The highest BCUT2D eigenvalue weighted by Gasteiger charge is 2.50. The van der Waals surface area contributed by atoms with Crippen LogP contribution >= 0.6 is 11.6 Å². The molecular formula is C13H18ClN3O5. The number of nitrogens with one attached hydrogen (secondary N) is 2. The molecule has 0 aliphatic rings. The highest BCUT2D eigenvalue weighted by molar-refractivity contribution is 6.28. The minimum absolute atomic E-state index is 0.0449. The summed E-state index contributed by atoms with van der Waals surface area (Å²) in [5.41, 5.74) is -1.62. The summed E-state index contributed by atoms with van der Waals surface area (Å²) in [4.78, 5) is 42.6. The molecule has 2 N–H and O–H groups in total. The third-order valence-electron chi connectivity index (χ3n) is 2.69. The number of nitrogens with zero attached hydrogens (tertiary/aromatic N) is 1. The number of amides is 1. The Hall–Kier alpha value is -2.09. The molecule has 1 rings (SSSR count). The molecule has 0 aliphatic carbocycles. The molecule has 1 aromatic heterocycles. The van der Waals surface area contributed by atoms with Gasteiger partial charge in [-0.2, -0.15) is 0 Å². The van der Waals surface area contributed by atoms with E-state index >= 15 is 0 Å². The predicted molar refractivity (Wildman–Crippen MR) is 77.1 cm³/mol. The lowest BCUT2D eigenvalue weighted by molar-refractivity contribution is -0.168. The van der Waals surface area contributed by atoms with Crippen LogP contribution in [0, 0.1) is 0 Å². The molecule has 22 heavy (non-hydrogen) atoms. The van der Waals surface area contributed by atoms with Gasteiger partial charge in [-0.15, -0.1) is 0 Å². The van der Waals surface area contributed by atoms with Crippen LogP contribution in [0.25, 0.3) is 0 Å². The van der Waals surface area contributed by atoms with Gasteiger partial charge in [0.05, 0.1) is 13.2 Å². The van der Waals surface area contributed by atoms with Crippen LogP contribution in [0.5, 0.6) is 0 Å². The summed E-state index contributed by atoms with van der Waals surface area (Å²) >= 11 is 5.69.